The van der Waals surface area contributed by atoms with Crippen LogP contribution in [0.2, 0.25) is 0 Å². The first-order chi connectivity index (χ1) is 5.80. The van der Waals surface area contributed by atoms with Gasteiger partial charge < -0.3 is 0 Å². The van der Waals surface area contributed by atoms with Crippen molar-refractivity contribution in [3.8, 4) is 0 Å². The summed E-state index contributed by atoms with van der Waals surface area (Å²) in [5, 5.41) is 0. The molecule has 0 unspecified atom stereocenters. The van der Waals surface area contributed by atoms with Crippen molar-refractivity contribution in [2.24, 2.45) is 23.6 Å². The Morgan fingerprint density at radius 2 is 1.33 bits per heavy atom. The van der Waals surface area contributed by atoms with E-state index in [9.17, 15) is 0 Å². The van der Waals surface area contributed by atoms with Crippen LogP contribution in [0.25, 0.3) is 0 Å². The van der Waals surface area contributed by atoms with E-state index in [1.165, 1.54) is 38.5 Å². The molecule has 0 aromatic carbocycles. The zero-order chi connectivity index (χ0) is 8.18. The maximum Gasteiger partial charge on any atom is 0.0531 e. The molecule has 0 spiro atoms. The molecule has 0 atom stereocenters. The maximum absolute atomic E-state index is 5.55. The van der Waals surface area contributed by atoms with Gasteiger partial charge in [-0.3, -0.25) is 5.84 Å². The van der Waals surface area contributed by atoms with Crippen molar-refractivity contribution in [3.05, 3.63) is 0 Å². The molecule has 67 valence electrons. The minimum absolute atomic E-state index is 0.245. The molecule has 4 aliphatic carbocycles. The van der Waals surface area contributed by atoms with Crippen molar-refractivity contribution in [1.29, 1.82) is 0 Å². The van der Waals surface area contributed by atoms with Crippen molar-refractivity contribution < 1.29 is 0 Å². The molecule has 4 rings (SSSR count). The Morgan fingerprint density at radius 1 is 0.917 bits per heavy atom. The van der Waals surface area contributed by atoms with E-state index in [1.54, 1.807) is 0 Å². The van der Waals surface area contributed by atoms with Gasteiger partial charge in [-0.15, -0.1) is 0 Å². The lowest BCUT2D eigenvalue weighted by Gasteiger charge is -2.55. The third-order valence-electron chi connectivity index (χ3n) is 4.28. The van der Waals surface area contributed by atoms with Gasteiger partial charge in [-0.25, -0.2) is 0 Å². The molecule has 0 aromatic rings. The number of hydrogen-bond acceptors (Lipinski definition) is 1. The van der Waals surface area contributed by atoms with E-state index in [2.05, 4.69) is 5.43 Å². The molecule has 0 heterocycles. The molecule has 12 heavy (non-hydrogen) atoms. The van der Waals surface area contributed by atoms with E-state index < -0.39 is 0 Å². The Kier molecular flexibility index (Phi) is 1.37. The molecule has 0 saturated heterocycles. The smallest absolute Gasteiger partial charge is 0.0531 e. The topological polar surface area (TPSA) is 40.1 Å². The third kappa shape index (κ3) is 0.882. The lowest BCUT2D eigenvalue weighted by atomic mass is 9.53. The van der Waals surface area contributed by atoms with Crippen LogP contribution in [-0.4, -0.2) is 5.54 Å². The Hall–Kier alpha value is -0.0800. The molecule has 2 heteroatoms. The SMILES string of the molecule is N[N]C12CC3CC(CC(C3)C1)C2. The standard InChI is InChI=1S/C10H17N2/c11-12-10-4-7-1-8(5-10)3-9(2-7)6-10/h7-9H,1-6,11H2. The highest BCUT2D eigenvalue weighted by atomic mass is 15.3. The summed E-state index contributed by atoms with van der Waals surface area (Å²) in [6, 6.07) is 0. The Morgan fingerprint density at radius 3 is 1.67 bits per heavy atom. The summed E-state index contributed by atoms with van der Waals surface area (Å²) in [7, 11) is 0. The molecule has 4 bridgehead atoms. The van der Waals surface area contributed by atoms with Gasteiger partial charge in [-0.05, 0) is 56.3 Å². The van der Waals surface area contributed by atoms with Crippen molar-refractivity contribution in [2.75, 3.05) is 0 Å². The number of hydrogen-bond donors (Lipinski definition) is 1. The Bertz CT molecular complexity index is 165. The van der Waals surface area contributed by atoms with Gasteiger partial charge in [0.15, 0.2) is 0 Å². The van der Waals surface area contributed by atoms with E-state index in [1.807, 2.05) is 0 Å². The van der Waals surface area contributed by atoms with Crippen LogP contribution in [0.5, 0.6) is 0 Å². The van der Waals surface area contributed by atoms with Gasteiger partial charge in [0.05, 0.1) is 5.54 Å². The summed E-state index contributed by atoms with van der Waals surface area (Å²) >= 11 is 0. The van der Waals surface area contributed by atoms with E-state index in [0.29, 0.717) is 0 Å². The molecule has 4 aliphatic rings. The highest BCUT2D eigenvalue weighted by molar-refractivity contribution is 5.05. The number of nitrogens with two attached hydrogens (primary N) is 1. The van der Waals surface area contributed by atoms with Gasteiger partial charge in [0.25, 0.3) is 0 Å². The third-order valence-corrected chi connectivity index (χ3v) is 4.28. The lowest BCUT2D eigenvalue weighted by molar-refractivity contribution is -0.0216. The summed E-state index contributed by atoms with van der Waals surface area (Å²) in [5.41, 5.74) is 4.42. The van der Waals surface area contributed by atoms with Crippen LogP contribution >= 0.6 is 0 Å². The molecular weight excluding hydrogens is 148 g/mol. The number of nitrogens with zero attached hydrogens (tertiary/aromatic N) is 1. The summed E-state index contributed by atoms with van der Waals surface area (Å²) in [6.07, 6.45) is 8.35. The fourth-order valence-corrected chi connectivity index (χ4v) is 4.22. The van der Waals surface area contributed by atoms with Crippen molar-refractivity contribution in [2.45, 2.75) is 44.1 Å². The number of rotatable bonds is 1. The van der Waals surface area contributed by atoms with Crippen LogP contribution in [0, 0.1) is 17.8 Å². The van der Waals surface area contributed by atoms with Gasteiger partial charge in [0.2, 0.25) is 0 Å². The van der Waals surface area contributed by atoms with E-state index >= 15 is 0 Å². The van der Waals surface area contributed by atoms with E-state index in [0.717, 1.165) is 17.8 Å². The van der Waals surface area contributed by atoms with Crippen molar-refractivity contribution >= 4 is 0 Å². The van der Waals surface area contributed by atoms with E-state index in [-0.39, 0.29) is 5.54 Å². The molecule has 4 fully saturated rings. The quantitative estimate of drug-likeness (QED) is 0.463. The van der Waals surface area contributed by atoms with Crippen LogP contribution in [0.1, 0.15) is 38.5 Å². The average molecular weight is 165 g/mol. The van der Waals surface area contributed by atoms with Crippen LogP contribution in [0.15, 0.2) is 0 Å². The molecular formula is C10H17N2. The fraction of sp³-hybridized carbons (Fsp3) is 1.00. The second-order valence-corrected chi connectivity index (χ2v) is 5.27. The first kappa shape index (κ1) is 7.34. The van der Waals surface area contributed by atoms with Crippen LogP contribution in [0.4, 0.5) is 0 Å². The van der Waals surface area contributed by atoms with Crippen LogP contribution < -0.4 is 11.3 Å². The predicted octanol–water partition coefficient (Wildman–Crippen LogP) is 1.43. The summed E-state index contributed by atoms with van der Waals surface area (Å²) in [6.45, 7) is 0. The molecule has 2 nitrogen and oxygen atoms in total. The predicted molar refractivity (Wildman–Crippen MR) is 47.2 cm³/mol. The van der Waals surface area contributed by atoms with E-state index in [4.69, 9.17) is 5.84 Å². The highest BCUT2D eigenvalue weighted by Crippen LogP contribution is 2.55. The van der Waals surface area contributed by atoms with Crippen LogP contribution in [0.3, 0.4) is 0 Å². The normalized spacial score (nSPS) is 56.2. The minimum atomic E-state index is 0.245. The summed E-state index contributed by atoms with van der Waals surface area (Å²) < 4.78 is 0. The lowest BCUT2D eigenvalue weighted by Crippen LogP contribution is -2.57. The average Bonchev–Trinajstić information content (AvgIpc) is 2.02. The van der Waals surface area contributed by atoms with Crippen LogP contribution in [-0.2, 0) is 0 Å². The monoisotopic (exact) mass is 165 g/mol. The van der Waals surface area contributed by atoms with Gasteiger partial charge in [-0.1, -0.05) is 0 Å². The van der Waals surface area contributed by atoms with Gasteiger partial charge in [0.1, 0.15) is 0 Å². The first-order valence-electron chi connectivity index (χ1n) is 5.22. The van der Waals surface area contributed by atoms with Crippen molar-refractivity contribution in [1.82, 2.24) is 5.43 Å². The molecule has 1 radical (unpaired) electrons. The van der Waals surface area contributed by atoms with Crippen molar-refractivity contribution in [3.63, 3.8) is 0 Å². The largest absolute Gasteiger partial charge is 0.253 e. The fourth-order valence-electron chi connectivity index (χ4n) is 4.22. The second-order valence-electron chi connectivity index (χ2n) is 5.27. The first-order valence-corrected chi connectivity index (χ1v) is 5.22. The molecule has 0 amide bonds. The summed E-state index contributed by atoms with van der Waals surface area (Å²) in [5.74, 6) is 8.48. The second kappa shape index (κ2) is 2.24. The Balaban J connectivity index is 1.90. The Labute approximate surface area is 73.9 Å². The minimum Gasteiger partial charge on any atom is -0.253 e. The molecule has 4 saturated carbocycles. The molecule has 0 aliphatic heterocycles. The van der Waals surface area contributed by atoms with Gasteiger partial charge in [0, 0.05) is 0 Å². The van der Waals surface area contributed by atoms with Gasteiger partial charge >= 0.3 is 0 Å². The summed E-state index contributed by atoms with van der Waals surface area (Å²) in [4.78, 5) is 0. The van der Waals surface area contributed by atoms with Gasteiger partial charge in [-0.2, -0.15) is 5.43 Å². The molecule has 0 aromatic heterocycles. The zero-order valence-corrected chi connectivity index (χ0v) is 7.50. The maximum atomic E-state index is 5.55. The molecule has 2 N–H and O–H groups in total. The highest BCUT2D eigenvalue weighted by Gasteiger charge is 2.51. The zero-order valence-electron chi connectivity index (χ0n) is 7.50.